The molecule has 1 aliphatic rings. The maximum absolute atomic E-state index is 11.7. The minimum Gasteiger partial charge on any atom is -0.351 e. The molecule has 4 nitrogen and oxygen atoms in total. The summed E-state index contributed by atoms with van der Waals surface area (Å²) in [6.07, 6.45) is 2.53. The van der Waals surface area contributed by atoms with Crippen LogP contribution in [0.3, 0.4) is 0 Å². The first-order valence-corrected chi connectivity index (χ1v) is 4.34. The fraction of sp³-hybridized carbons (Fsp3) is 0.556. The van der Waals surface area contributed by atoms with E-state index in [9.17, 15) is 4.79 Å². The van der Waals surface area contributed by atoms with E-state index >= 15 is 0 Å². The van der Waals surface area contributed by atoms with Crippen molar-refractivity contribution >= 4 is 5.91 Å². The normalized spacial score (nSPS) is 19.7. The van der Waals surface area contributed by atoms with Crippen molar-refractivity contribution in [3.05, 3.63) is 18.0 Å². The van der Waals surface area contributed by atoms with Gasteiger partial charge in [-0.25, -0.2) is 0 Å². The highest BCUT2D eigenvalue weighted by Crippen LogP contribution is 2.30. The molecule has 1 fully saturated rings. The van der Waals surface area contributed by atoms with Crippen LogP contribution in [0.2, 0.25) is 0 Å². The van der Waals surface area contributed by atoms with Crippen molar-refractivity contribution in [2.24, 2.45) is 0 Å². The third-order valence-electron chi connectivity index (χ3n) is 2.57. The van der Waals surface area contributed by atoms with Crippen LogP contribution < -0.4 is 0 Å². The second-order valence-electron chi connectivity index (χ2n) is 3.90. The molecule has 0 atom stereocenters. The van der Waals surface area contributed by atoms with Gasteiger partial charge in [0, 0.05) is 18.2 Å². The maximum Gasteiger partial charge on any atom is 0.292 e. The molecule has 1 amide bonds. The molecule has 0 bridgehead atoms. The van der Waals surface area contributed by atoms with E-state index < -0.39 is 0 Å². The molecular formula is C9H12N2O2. The van der Waals surface area contributed by atoms with Gasteiger partial charge in [-0.3, -0.25) is 4.79 Å². The molecule has 0 saturated carbocycles. The van der Waals surface area contributed by atoms with Crippen LogP contribution in [0.25, 0.3) is 0 Å². The Morgan fingerprint density at radius 3 is 2.85 bits per heavy atom. The number of amides is 1. The first-order valence-electron chi connectivity index (χ1n) is 4.34. The van der Waals surface area contributed by atoms with Crippen molar-refractivity contribution in [2.75, 3.05) is 6.54 Å². The summed E-state index contributed by atoms with van der Waals surface area (Å²) in [5, 5.41) is 3.51. The molecular weight excluding hydrogens is 168 g/mol. The molecule has 0 spiro atoms. The van der Waals surface area contributed by atoms with Crippen LogP contribution in [0.15, 0.2) is 16.8 Å². The number of carbonyl (C=O) groups excluding carboxylic acids is 1. The Labute approximate surface area is 76.5 Å². The number of hydrogen-bond donors (Lipinski definition) is 0. The summed E-state index contributed by atoms with van der Waals surface area (Å²) in [4.78, 5) is 13.5. The molecule has 0 aromatic carbocycles. The van der Waals surface area contributed by atoms with Gasteiger partial charge in [-0.2, -0.15) is 0 Å². The van der Waals surface area contributed by atoms with E-state index in [0.717, 1.165) is 13.0 Å². The standard InChI is InChI=1S/C9H12N2O2/c1-9(2)4-6-11(9)8(12)7-3-5-10-13-7/h3,5H,4,6H2,1-2H3. The van der Waals surface area contributed by atoms with Gasteiger partial charge in [0.05, 0.1) is 6.20 Å². The molecule has 0 unspecified atom stereocenters. The largest absolute Gasteiger partial charge is 0.351 e. The maximum atomic E-state index is 11.7. The lowest BCUT2D eigenvalue weighted by molar-refractivity contribution is 0.0122. The van der Waals surface area contributed by atoms with Gasteiger partial charge in [0.15, 0.2) is 0 Å². The van der Waals surface area contributed by atoms with Crippen LogP contribution in [0.1, 0.15) is 30.8 Å². The summed E-state index contributed by atoms with van der Waals surface area (Å²) in [7, 11) is 0. The van der Waals surface area contributed by atoms with Gasteiger partial charge >= 0.3 is 0 Å². The van der Waals surface area contributed by atoms with Crippen LogP contribution in [0.5, 0.6) is 0 Å². The zero-order chi connectivity index (χ0) is 9.47. The Morgan fingerprint density at radius 2 is 2.46 bits per heavy atom. The van der Waals surface area contributed by atoms with Gasteiger partial charge in [-0.05, 0) is 20.3 Å². The Hall–Kier alpha value is -1.32. The third kappa shape index (κ3) is 1.22. The summed E-state index contributed by atoms with van der Waals surface area (Å²) in [5.41, 5.74) is -0.0239. The molecule has 0 radical (unpaired) electrons. The third-order valence-corrected chi connectivity index (χ3v) is 2.57. The van der Waals surface area contributed by atoms with Gasteiger partial charge in [0.25, 0.3) is 5.91 Å². The van der Waals surface area contributed by atoms with E-state index in [0.29, 0.717) is 5.76 Å². The van der Waals surface area contributed by atoms with Gasteiger partial charge < -0.3 is 9.42 Å². The topological polar surface area (TPSA) is 46.3 Å². The van der Waals surface area contributed by atoms with E-state index in [2.05, 4.69) is 5.16 Å². The van der Waals surface area contributed by atoms with Gasteiger partial charge in [-0.15, -0.1) is 0 Å². The van der Waals surface area contributed by atoms with Crippen molar-refractivity contribution in [2.45, 2.75) is 25.8 Å². The van der Waals surface area contributed by atoms with Crippen LogP contribution in [0, 0.1) is 0 Å². The lowest BCUT2D eigenvalue weighted by Gasteiger charge is -2.47. The number of aromatic nitrogens is 1. The summed E-state index contributed by atoms with van der Waals surface area (Å²) in [6, 6.07) is 1.59. The molecule has 0 aliphatic carbocycles. The van der Waals surface area contributed by atoms with Crippen molar-refractivity contribution in [3.63, 3.8) is 0 Å². The number of likely N-dealkylation sites (tertiary alicyclic amines) is 1. The van der Waals surface area contributed by atoms with Crippen molar-refractivity contribution in [1.82, 2.24) is 10.1 Å². The van der Waals surface area contributed by atoms with Crippen molar-refractivity contribution in [3.8, 4) is 0 Å². The Bertz CT molecular complexity index is 316. The molecule has 1 aromatic heterocycles. The highest BCUT2D eigenvalue weighted by Gasteiger charge is 2.40. The summed E-state index contributed by atoms with van der Waals surface area (Å²) < 4.78 is 4.80. The zero-order valence-corrected chi connectivity index (χ0v) is 7.78. The molecule has 4 heteroatoms. The second-order valence-corrected chi connectivity index (χ2v) is 3.90. The average molecular weight is 180 g/mol. The molecule has 1 aromatic rings. The molecule has 2 heterocycles. The Morgan fingerprint density at radius 1 is 1.69 bits per heavy atom. The smallest absolute Gasteiger partial charge is 0.292 e. The van der Waals surface area contributed by atoms with E-state index in [4.69, 9.17) is 4.52 Å². The summed E-state index contributed by atoms with van der Waals surface area (Å²) in [5.74, 6) is 0.265. The second kappa shape index (κ2) is 2.58. The number of carbonyl (C=O) groups is 1. The van der Waals surface area contributed by atoms with E-state index in [1.807, 2.05) is 13.8 Å². The zero-order valence-electron chi connectivity index (χ0n) is 7.78. The molecule has 1 aliphatic heterocycles. The Balaban J connectivity index is 2.15. The van der Waals surface area contributed by atoms with Crippen LogP contribution >= 0.6 is 0 Å². The quantitative estimate of drug-likeness (QED) is 0.654. The first kappa shape index (κ1) is 8.29. The molecule has 70 valence electrons. The van der Waals surface area contributed by atoms with Gasteiger partial charge in [0.1, 0.15) is 0 Å². The van der Waals surface area contributed by atoms with Gasteiger partial charge in [0.2, 0.25) is 5.76 Å². The monoisotopic (exact) mass is 180 g/mol. The van der Waals surface area contributed by atoms with Crippen molar-refractivity contribution < 1.29 is 9.32 Å². The summed E-state index contributed by atoms with van der Waals surface area (Å²) >= 11 is 0. The predicted octanol–water partition coefficient (Wildman–Crippen LogP) is 1.30. The summed E-state index contributed by atoms with van der Waals surface area (Å²) in [6.45, 7) is 4.90. The molecule has 13 heavy (non-hydrogen) atoms. The highest BCUT2D eigenvalue weighted by molar-refractivity contribution is 5.92. The van der Waals surface area contributed by atoms with E-state index in [-0.39, 0.29) is 11.4 Å². The van der Waals surface area contributed by atoms with Crippen LogP contribution in [-0.4, -0.2) is 28.0 Å². The van der Waals surface area contributed by atoms with E-state index in [1.54, 1.807) is 11.0 Å². The number of rotatable bonds is 1. The lowest BCUT2D eigenvalue weighted by atomic mass is 9.89. The Kier molecular flexibility index (Phi) is 1.65. The van der Waals surface area contributed by atoms with E-state index in [1.165, 1.54) is 6.20 Å². The SMILES string of the molecule is CC1(C)CCN1C(=O)c1ccno1. The lowest BCUT2D eigenvalue weighted by Crippen LogP contribution is -2.58. The minimum absolute atomic E-state index is 0.0239. The number of hydrogen-bond acceptors (Lipinski definition) is 3. The molecule has 2 rings (SSSR count). The first-order chi connectivity index (χ1) is 6.11. The minimum atomic E-state index is -0.0613. The highest BCUT2D eigenvalue weighted by atomic mass is 16.5. The van der Waals surface area contributed by atoms with Crippen LogP contribution in [-0.2, 0) is 0 Å². The average Bonchev–Trinajstić information content (AvgIpc) is 2.54. The van der Waals surface area contributed by atoms with Crippen LogP contribution in [0.4, 0.5) is 0 Å². The number of nitrogens with zero attached hydrogens (tertiary/aromatic N) is 2. The fourth-order valence-electron chi connectivity index (χ4n) is 1.51. The molecule has 1 saturated heterocycles. The van der Waals surface area contributed by atoms with Crippen molar-refractivity contribution in [1.29, 1.82) is 0 Å². The van der Waals surface area contributed by atoms with Gasteiger partial charge in [-0.1, -0.05) is 5.16 Å². The predicted molar refractivity (Wildman–Crippen MR) is 46.2 cm³/mol. The molecule has 0 N–H and O–H groups in total. The fourth-order valence-corrected chi connectivity index (χ4v) is 1.51.